The third kappa shape index (κ3) is 2.62. The van der Waals surface area contributed by atoms with E-state index in [1.165, 1.54) is 24.1 Å². The zero-order valence-corrected chi connectivity index (χ0v) is 14.3. The van der Waals surface area contributed by atoms with Crippen molar-refractivity contribution in [2.75, 3.05) is 0 Å². The van der Waals surface area contributed by atoms with Gasteiger partial charge in [0.15, 0.2) is 0 Å². The molecule has 0 fully saturated rings. The molecule has 3 aromatic rings. The average Bonchev–Trinajstić information content (AvgIpc) is 3.22. The van der Waals surface area contributed by atoms with E-state index in [0.29, 0.717) is 0 Å². The Kier molecular flexibility index (Phi) is 3.48. The monoisotopic (exact) mass is 322 g/mol. The number of nitrogens with one attached hydrogen (secondary N) is 2. The molecule has 0 aromatic carbocycles. The maximum Gasteiger partial charge on any atom is 0.116 e. The summed E-state index contributed by atoms with van der Waals surface area (Å²) in [5.74, 6) is 0. The van der Waals surface area contributed by atoms with Crippen molar-refractivity contribution < 1.29 is 0 Å². The number of hydrogen-bond acceptors (Lipinski definition) is 4. The van der Waals surface area contributed by atoms with E-state index in [1.54, 1.807) is 12.4 Å². The molecule has 0 spiro atoms. The lowest BCUT2D eigenvalue weighted by Crippen LogP contribution is -2.11. The molecule has 3 heterocycles. The first-order valence-electron chi connectivity index (χ1n) is 8.47. The van der Waals surface area contributed by atoms with Crippen molar-refractivity contribution in [3.05, 3.63) is 35.4 Å². The lowest BCUT2D eigenvalue weighted by atomic mass is 9.92. The van der Waals surface area contributed by atoms with Crippen molar-refractivity contribution in [2.24, 2.45) is 0 Å². The largest absolute Gasteiger partial charge is 0.282 e. The molecule has 4 rings (SSSR count). The van der Waals surface area contributed by atoms with Crippen molar-refractivity contribution in [1.82, 2.24) is 30.4 Å². The molecule has 0 unspecified atom stereocenters. The Balaban J connectivity index is 1.72. The fraction of sp³-hybridized carbons (Fsp3) is 0.444. The van der Waals surface area contributed by atoms with Gasteiger partial charge in [0.05, 0.1) is 12.4 Å². The number of nitrogens with zero attached hydrogens (tertiary/aromatic N) is 4. The Morgan fingerprint density at radius 1 is 0.917 bits per heavy atom. The maximum atomic E-state index is 4.76. The molecule has 0 radical (unpaired) electrons. The van der Waals surface area contributed by atoms with E-state index >= 15 is 0 Å². The topological polar surface area (TPSA) is 83.1 Å². The van der Waals surface area contributed by atoms with Crippen LogP contribution in [0.5, 0.6) is 0 Å². The van der Waals surface area contributed by atoms with E-state index in [-0.39, 0.29) is 5.41 Å². The van der Waals surface area contributed by atoms with Gasteiger partial charge in [0.25, 0.3) is 0 Å². The van der Waals surface area contributed by atoms with Gasteiger partial charge in [-0.2, -0.15) is 10.2 Å². The second-order valence-corrected chi connectivity index (χ2v) is 7.44. The summed E-state index contributed by atoms with van der Waals surface area (Å²) in [5.41, 5.74) is 6.99. The number of aryl methyl sites for hydroxylation is 1. The summed E-state index contributed by atoms with van der Waals surface area (Å²) in [6, 6.07) is 2.05. The summed E-state index contributed by atoms with van der Waals surface area (Å²) >= 11 is 0. The minimum absolute atomic E-state index is 0.0254. The van der Waals surface area contributed by atoms with Crippen LogP contribution in [0.3, 0.4) is 0 Å². The Morgan fingerprint density at radius 2 is 1.71 bits per heavy atom. The Morgan fingerprint density at radius 3 is 2.50 bits per heavy atom. The van der Waals surface area contributed by atoms with Crippen LogP contribution < -0.4 is 0 Å². The quantitative estimate of drug-likeness (QED) is 0.757. The number of rotatable bonds is 2. The van der Waals surface area contributed by atoms with E-state index < -0.39 is 0 Å². The highest BCUT2D eigenvalue weighted by atomic mass is 15.1. The molecular formula is C18H22N6. The van der Waals surface area contributed by atoms with E-state index in [4.69, 9.17) is 4.98 Å². The lowest BCUT2D eigenvalue weighted by Gasteiger charge is -2.14. The third-order valence-electron chi connectivity index (χ3n) is 4.58. The molecule has 124 valence electrons. The first-order chi connectivity index (χ1) is 11.5. The van der Waals surface area contributed by atoms with Gasteiger partial charge in [-0.15, -0.1) is 0 Å². The second kappa shape index (κ2) is 5.54. The zero-order chi connectivity index (χ0) is 16.7. The number of hydrogen-bond donors (Lipinski definition) is 2. The van der Waals surface area contributed by atoms with Crippen LogP contribution >= 0.6 is 0 Å². The van der Waals surface area contributed by atoms with Crippen molar-refractivity contribution in [3.63, 3.8) is 0 Å². The van der Waals surface area contributed by atoms with E-state index in [9.17, 15) is 0 Å². The Bertz CT molecular complexity index is 868. The molecule has 3 aromatic heterocycles. The van der Waals surface area contributed by atoms with Crippen molar-refractivity contribution in [1.29, 1.82) is 0 Å². The summed E-state index contributed by atoms with van der Waals surface area (Å²) in [7, 11) is 0. The summed E-state index contributed by atoms with van der Waals surface area (Å²) in [6.07, 6.45) is 8.11. The van der Waals surface area contributed by atoms with E-state index in [1.807, 2.05) is 6.07 Å². The molecule has 0 saturated carbocycles. The fourth-order valence-electron chi connectivity index (χ4n) is 3.13. The zero-order valence-electron chi connectivity index (χ0n) is 14.3. The van der Waals surface area contributed by atoms with Gasteiger partial charge < -0.3 is 0 Å². The molecule has 0 atom stereocenters. The highest BCUT2D eigenvalue weighted by Gasteiger charge is 2.21. The molecule has 1 aliphatic rings. The standard InChI is InChI=1S/C18H22N6/c1-18(2,3)16-8-13(22-23-16)14-9-19-10-15(20-14)17-11-6-4-5-7-12(11)21-24-17/h8-10H,4-7H2,1-3H3,(H,21,24)(H,22,23). The second-order valence-electron chi connectivity index (χ2n) is 7.44. The molecule has 0 saturated heterocycles. The van der Waals surface area contributed by atoms with Gasteiger partial charge in [0.1, 0.15) is 22.8 Å². The normalized spacial score (nSPS) is 14.6. The minimum atomic E-state index is 0.0254. The molecule has 2 N–H and O–H groups in total. The average molecular weight is 322 g/mol. The van der Waals surface area contributed by atoms with Crippen molar-refractivity contribution in [2.45, 2.75) is 51.9 Å². The fourth-order valence-corrected chi connectivity index (χ4v) is 3.13. The molecule has 1 aliphatic carbocycles. The number of fused-ring (bicyclic) bond motifs is 1. The first kappa shape index (κ1) is 15.1. The third-order valence-corrected chi connectivity index (χ3v) is 4.58. The highest BCUT2D eigenvalue weighted by molar-refractivity contribution is 5.63. The van der Waals surface area contributed by atoms with Crippen LogP contribution in [0, 0.1) is 0 Å². The lowest BCUT2D eigenvalue weighted by molar-refractivity contribution is 0.567. The van der Waals surface area contributed by atoms with Crippen molar-refractivity contribution >= 4 is 0 Å². The number of H-pyrrole nitrogens is 2. The van der Waals surface area contributed by atoms with Gasteiger partial charge in [0.2, 0.25) is 0 Å². The molecule has 6 heteroatoms. The van der Waals surface area contributed by atoms with Crippen LogP contribution in [0.4, 0.5) is 0 Å². The van der Waals surface area contributed by atoms with Gasteiger partial charge in [0, 0.05) is 22.4 Å². The van der Waals surface area contributed by atoms with Crippen LogP contribution in [0.15, 0.2) is 18.5 Å². The predicted molar refractivity (Wildman–Crippen MR) is 92.5 cm³/mol. The predicted octanol–water partition coefficient (Wildman–Crippen LogP) is 3.43. The summed E-state index contributed by atoms with van der Waals surface area (Å²) in [5, 5.41) is 15.2. The minimum Gasteiger partial charge on any atom is -0.282 e. The number of aromatic nitrogens is 6. The highest BCUT2D eigenvalue weighted by Crippen LogP contribution is 2.29. The summed E-state index contributed by atoms with van der Waals surface area (Å²) < 4.78 is 0. The van der Waals surface area contributed by atoms with Gasteiger partial charge in [-0.25, -0.2) is 4.98 Å². The number of aromatic amines is 2. The molecule has 6 nitrogen and oxygen atoms in total. The first-order valence-corrected chi connectivity index (χ1v) is 8.47. The molecule has 24 heavy (non-hydrogen) atoms. The molecular weight excluding hydrogens is 300 g/mol. The molecule has 0 bridgehead atoms. The van der Waals surface area contributed by atoms with Crippen LogP contribution in [0.1, 0.15) is 50.6 Å². The van der Waals surface area contributed by atoms with Gasteiger partial charge in [-0.05, 0) is 31.7 Å². The van der Waals surface area contributed by atoms with Gasteiger partial charge >= 0.3 is 0 Å². The summed E-state index contributed by atoms with van der Waals surface area (Å²) in [4.78, 5) is 9.13. The van der Waals surface area contributed by atoms with Crippen LogP contribution in [0.25, 0.3) is 22.8 Å². The SMILES string of the molecule is CC(C)(C)c1cc(-c2cncc(-c3n[nH]c4c3CCCC4)n2)n[nH]1. The van der Waals surface area contributed by atoms with E-state index in [0.717, 1.165) is 41.3 Å². The van der Waals surface area contributed by atoms with Crippen LogP contribution in [-0.2, 0) is 18.3 Å². The Labute approximate surface area is 141 Å². The molecule has 0 amide bonds. The van der Waals surface area contributed by atoms with Crippen molar-refractivity contribution in [3.8, 4) is 22.8 Å². The molecule has 0 aliphatic heterocycles. The van der Waals surface area contributed by atoms with Gasteiger partial charge in [-0.3, -0.25) is 15.2 Å². The summed E-state index contributed by atoms with van der Waals surface area (Å²) in [6.45, 7) is 6.47. The van der Waals surface area contributed by atoms with Gasteiger partial charge in [-0.1, -0.05) is 20.8 Å². The smallest absolute Gasteiger partial charge is 0.116 e. The van der Waals surface area contributed by atoms with Crippen LogP contribution in [0.2, 0.25) is 0 Å². The van der Waals surface area contributed by atoms with Crippen LogP contribution in [-0.4, -0.2) is 30.4 Å². The van der Waals surface area contributed by atoms with E-state index in [2.05, 4.69) is 46.1 Å². The Hall–Kier alpha value is -2.50. The maximum absolute atomic E-state index is 4.76.